The minimum absolute atomic E-state index is 0.114. The van der Waals surface area contributed by atoms with E-state index in [0.717, 1.165) is 5.69 Å². The molecule has 4 rings (SSSR count). The van der Waals surface area contributed by atoms with Crippen LogP contribution in [0.4, 0.5) is 11.5 Å². The first-order chi connectivity index (χ1) is 17.5. The zero-order valence-electron chi connectivity index (χ0n) is 20.2. The number of nitrogens with zero attached hydrogens (tertiary/aromatic N) is 4. The van der Waals surface area contributed by atoms with Crippen molar-refractivity contribution in [3.63, 3.8) is 0 Å². The summed E-state index contributed by atoms with van der Waals surface area (Å²) in [5, 5.41) is 17.0. The average molecular weight is 489 g/mol. The molecule has 0 bridgehead atoms. The molecule has 0 radical (unpaired) electrons. The van der Waals surface area contributed by atoms with Gasteiger partial charge in [0.1, 0.15) is 28.9 Å². The van der Waals surface area contributed by atoms with E-state index in [0.29, 0.717) is 53.6 Å². The predicted molar refractivity (Wildman–Crippen MR) is 134 cm³/mol. The predicted octanol–water partition coefficient (Wildman–Crippen LogP) is 2.45. The molecule has 1 aliphatic heterocycles. The second-order valence-electron chi connectivity index (χ2n) is 8.40. The molecular formula is C26H28N6O4. The molecule has 1 atom stereocenters. The number of aromatic nitrogens is 2. The van der Waals surface area contributed by atoms with Crippen molar-refractivity contribution in [3.8, 4) is 23.3 Å². The van der Waals surface area contributed by atoms with Crippen LogP contribution in [0.5, 0.6) is 11.5 Å². The summed E-state index contributed by atoms with van der Waals surface area (Å²) in [7, 11) is 3.08. The van der Waals surface area contributed by atoms with E-state index in [1.54, 1.807) is 34.9 Å². The molecule has 0 spiro atoms. The number of carbonyl (C=O) groups is 2. The number of nitrogens with two attached hydrogens (primary N) is 1. The molecule has 186 valence electrons. The number of anilines is 2. The number of para-hydroxylation sites is 1. The number of amides is 2. The van der Waals surface area contributed by atoms with Gasteiger partial charge in [0.25, 0.3) is 0 Å². The molecule has 36 heavy (non-hydrogen) atoms. The van der Waals surface area contributed by atoms with E-state index in [1.807, 2.05) is 30.3 Å². The first-order valence-corrected chi connectivity index (χ1v) is 11.6. The molecule has 10 heteroatoms. The molecule has 2 amide bonds. The molecule has 0 aliphatic carbocycles. The molecule has 3 N–H and O–H groups in total. The first kappa shape index (κ1) is 24.6. The fourth-order valence-corrected chi connectivity index (χ4v) is 4.28. The number of hydrogen-bond donors (Lipinski definition) is 2. The van der Waals surface area contributed by atoms with Gasteiger partial charge in [-0.25, -0.2) is 4.68 Å². The molecule has 10 nitrogen and oxygen atoms in total. The molecule has 3 aromatic rings. The van der Waals surface area contributed by atoms with Gasteiger partial charge in [-0.15, -0.1) is 0 Å². The monoisotopic (exact) mass is 488 g/mol. The van der Waals surface area contributed by atoms with Gasteiger partial charge >= 0.3 is 0 Å². The van der Waals surface area contributed by atoms with Crippen LogP contribution in [0.2, 0.25) is 0 Å². The maximum Gasteiger partial charge on any atom is 0.227 e. The molecule has 1 saturated heterocycles. The zero-order valence-corrected chi connectivity index (χ0v) is 20.2. The van der Waals surface area contributed by atoms with Crippen LogP contribution in [-0.4, -0.2) is 48.9 Å². The van der Waals surface area contributed by atoms with Crippen molar-refractivity contribution in [2.45, 2.75) is 19.3 Å². The number of benzene rings is 2. The third-order valence-corrected chi connectivity index (χ3v) is 6.17. The number of nitrogen functional groups attached to an aromatic ring is 1. The maximum absolute atomic E-state index is 12.8. The van der Waals surface area contributed by atoms with E-state index in [-0.39, 0.29) is 24.8 Å². The van der Waals surface area contributed by atoms with Gasteiger partial charge in [0.05, 0.1) is 37.2 Å². The summed E-state index contributed by atoms with van der Waals surface area (Å²) in [5.41, 5.74) is 8.42. The summed E-state index contributed by atoms with van der Waals surface area (Å²) in [6.07, 6.45) is 1.16. The van der Waals surface area contributed by atoms with E-state index < -0.39 is 5.92 Å². The topological polar surface area (TPSA) is 136 Å². The Balaban J connectivity index is 1.35. The second-order valence-corrected chi connectivity index (χ2v) is 8.40. The lowest BCUT2D eigenvalue weighted by atomic mass is 10.1. The third-order valence-electron chi connectivity index (χ3n) is 6.17. The number of nitriles is 1. The number of nitrogens with one attached hydrogen (secondary N) is 1. The number of ether oxygens (including phenoxy) is 2. The molecule has 1 aromatic heterocycles. The highest BCUT2D eigenvalue weighted by Gasteiger charge is 2.36. The zero-order chi connectivity index (χ0) is 25.7. The Morgan fingerprint density at radius 1 is 1.22 bits per heavy atom. The van der Waals surface area contributed by atoms with E-state index in [9.17, 15) is 14.9 Å². The highest BCUT2D eigenvalue weighted by atomic mass is 16.5. The summed E-state index contributed by atoms with van der Waals surface area (Å²) in [5.74, 6) is 0.604. The van der Waals surface area contributed by atoms with Crippen molar-refractivity contribution in [1.29, 1.82) is 5.26 Å². The summed E-state index contributed by atoms with van der Waals surface area (Å²) >= 11 is 0. The number of rotatable bonds is 9. The largest absolute Gasteiger partial charge is 0.497 e. The quantitative estimate of drug-likeness (QED) is 0.442. The maximum atomic E-state index is 12.8. The summed E-state index contributed by atoms with van der Waals surface area (Å²) in [6, 6.07) is 16.7. The van der Waals surface area contributed by atoms with E-state index in [1.165, 1.54) is 7.11 Å². The lowest BCUT2D eigenvalue weighted by Gasteiger charge is -2.20. The average Bonchev–Trinajstić information content (AvgIpc) is 3.45. The molecular weight excluding hydrogens is 460 g/mol. The minimum atomic E-state index is -0.476. The van der Waals surface area contributed by atoms with Gasteiger partial charge in [-0.1, -0.05) is 18.2 Å². The van der Waals surface area contributed by atoms with Gasteiger partial charge in [-0.3, -0.25) is 9.59 Å². The van der Waals surface area contributed by atoms with E-state index in [2.05, 4.69) is 16.5 Å². The fraction of sp³-hybridized carbons (Fsp3) is 0.308. The lowest BCUT2D eigenvalue weighted by Crippen LogP contribution is -2.33. The third kappa shape index (κ3) is 4.95. The number of methoxy groups -OCH3 is 2. The van der Waals surface area contributed by atoms with Crippen molar-refractivity contribution < 1.29 is 19.1 Å². The van der Waals surface area contributed by atoms with E-state index in [4.69, 9.17) is 15.2 Å². The lowest BCUT2D eigenvalue weighted by molar-refractivity contribution is -0.126. The minimum Gasteiger partial charge on any atom is -0.497 e. The number of carbonyl (C=O) groups excluding carboxylic acids is 2. The Morgan fingerprint density at radius 3 is 2.69 bits per heavy atom. The van der Waals surface area contributed by atoms with Gasteiger partial charge in [-0.2, -0.15) is 10.4 Å². The van der Waals surface area contributed by atoms with Crippen LogP contribution >= 0.6 is 0 Å². The van der Waals surface area contributed by atoms with Gasteiger partial charge in [0.15, 0.2) is 0 Å². The van der Waals surface area contributed by atoms with Crippen LogP contribution in [0.15, 0.2) is 48.5 Å². The molecule has 2 heterocycles. The highest BCUT2D eigenvalue weighted by Crippen LogP contribution is 2.36. The molecule has 1 aliphatic rings. The number of hydrogen-bond acceptors (Lipinski definition) is 7. The summed E-state index contributed by atoms with van der Waals surface area (Å²) < 4.78 is 12.2. The highest BCUT2D eigenvalue weighted by molar-refractivity contribution is 6.01. The smallest absolute Gasteiger partial charge is 0.227 e. The van der Waals surface area contributed by atoms with Crippen molar-refractivity contribution in [3.05, 3.63) is 59.8 Å². The standard InChI is InChI=1S/C26H28N6O4/c1-35-19-10-11-23(36-2)22(14-19)31-16-17(13-24(31)33)26(34)29-12-6-9-21-20(15-27)25(28)32(30-21)18-7-4-3-5-8-18/h3-5,7-8,10-11,14,17H,6,9,12-13,16,28H2,1-2H3,(H,29,34). The Bertz CT molecular complexity index is 1300. The summed E-state index contributed by atoms with van der Waals surface area (Å²) in [4.78, 5) is 27.0. The van der Waals surface area contributed by atoms with Crippen LogP contribution in [-0.2, 0) is 16.0 Å². The number of aryl methyl sites for hydroxylation is 1. The normalized spacial score (nSPS) is 15.0. The van der Waals surface area contributed by atoms with Crippen LogP contribution in [0.1, 0.15) is 24.1 Å². The van der Waals surface area contributed by atoms with Crippen LogP contribution in [0.3, 0.4) is 0 Å². The van der Waals surface area contributed by atoms with Gasteiger partial charge < -0.3 is 25.4 Å². The van der Waals surface area contributed by atoms with Crippen LogP contribution in [0, 0.1) is 17.2 Å². The molecule has 0 saturated carbocycles. The van der Waals surface area contributed by atoms with Crippen molar-refractivity contribution in [2.75, 3.05) is 37.9 Å². The van der Waals surface area contributed by atoms with Crippen molar-refractivity contribution >= 4 is 23.3 Å². The van der Waals surface area contributed by atoms with Gasteiger partial charge in [0, 0.05) is 25.6 Å². The van der Waals surface area contributed by atoms with Gasteiger partial charge in [0.2, 0.25) is 11.8 Å². The second kappa shape index (κ2) is 10.8. The van der Waals surface area contributed by atoms with E-state index >= 15 is 0 Å². The first-order valence-electron chi connectivity index (χ1n) is 11.6. The van der Waals surface area contributed by atoms with Crippen LogP contribution in [0.25, 0.3) is 5.69 Å². The van der Waals surface area contributed by atoms with Gasteiger partial charge in [-0.05, 0) is 37.1 Å². The summed E-state index contributed by atoms with van der Waals surface area (Å²) in [6.45, 7) is 0.639. The molecule has 2 aromatic carbocycles. The molecule has 1 fully saturated rings. The fourth-order valence-electron chi connectivity index (χ4n) is 4.28. The Labute approximate surface area is 209 Å². The Morgan fingerprint density at radius 2 is 2.00 bits per heavy atom. The Hall–Kier alpha value is -4.52. The van der Waals surface area contributed by atoms with Crippen LogP contribution < -0.4 is 25.4 Å². The van der Waals surface area contributed by atoms with Crippen molar-refractivity contribution in [2.24, 2.45) is 5.92 Å². The molecule has 1 unspecified atom stereocenters. The Kier molecular flexibility index (Phi) is 7.39. The SMILES string of the molecule is COc1ccc(OC)c(N2CC(C(=O)NCCCc3nn(-c4ccccc4)c(N)c3C#N)CC2=O)c1. The van der Waals surface area contributed by atoms with Crippen molar-refractivity contribution in [1.82, 2.24) is 15.1 Å².